The zero-order valence-electron chi connectivity index (χ0n) is 9.97. The summed E-state index contributed by atoms with van der Waals surface area (Å²) in [5.41, 5.74) is 7.88. The summed E-state index contributed by atoms with van der Waals surface area (Å²) in [6.07, 6.45) is 0. The second-order valence-corrected chi connectivity index (χ2v) is 6.32. The Hall–Kier alpha value is -1.64. The van der Waals surface area contributed by atoms with Gasteiger partial charge >= 0.3 is 0 Å². The van der Waals surface area contributed by atoms with Gasteiger partial charge in [0, 0.05) is 10.2 Å². The molecule has 0 aliphatic rings. The van der Waals surface area contributed by atoms with Gasteiger partial charge in [-0.2, -0.15) is 5.26 Å². The number of hydrogen-bond acceptors (Lipinski definition) is 3. The molecule has 2 aromatic rings. The second kappa shape index (κ2) is 6.00. The molecule has 0 amide bonds. The van der Waals surface area contributed by atoms with Crippen LogP contribution in [0, 0.1) is 11.3 Å². The van der Waals surface area contributed by atoms with Crippen LogP contribution in [0.4, 0.5) is 5.69 Å². The highest BCUT2D eigenvalue weighted by atomic mass is 79.9. The molecule has 1 atom stereocenters. The first kappa shape index (κ1) is 13.8. The highest BCUT2D eigenvalue weighted by Gasteiger charge is 2.09. The molecular weight excluding hydrogens is 324 g/mol. The van der Waals surface area contributed by atoms with E-state index in [-0.39, 0.29) is 0 Å². The minimum Gasteiger partial charge on any atom is -0.398 e. The molecule has 0 aliphatic carbocycles. The smallest absolute Gasteiger partial charge is 0.0991 e. The molecule has 0 radical (unpaired) electrons. The van der Waals surface area contributed by atoms with Crippen LogP contribution in [-0.4, -0.2) is 4.21 Å². The van der Waals surface area contributed by atoms with E-state index in [1.807, 2.05) is 18.2 Å². The van der Waals surface area contributed by atoms with Crippen LogP contribution in [0.5, 0.6) is 0 Å². The normalized spacial score (nSPS) is 11.8. The van der Waals surface area contributed by atoms with Crippen molar-refractivity contribution >= 4 is 32.4 Å². The topological polar surface area (TPSA) is 66.9 Å². The summed E-state index contributed by atoms with van der Waals surface area (Å²) in [5, 5.41) is 8.72. The highest BCUT2D eigenvalue weighted by molar-refractivity contribution is 9.10. The van der Waals surface area contributed by atoms with Crippen molar-refractivity contribution in [1.29, 1.82) is 5.26 Å². The predicted molar refractivity (Wildman–Crippen MR) is 79.8 cm³/mol. The van der Waals surface area contributed by atoms with E-state index in [0.29, 0.717) is 21.9 Å². The maximum atomic E-state index is 12.3. The van der Waals surface area contributed by atoms with Gasteiger partial charge in [-0.15, -0.1) is 0 Å². The van der Waals surface area contributed by atoms with Crippen LogP contribution in [0.3, 0.4) is 0 Å². The first-order valence-electron chi connectivity index (χ1n) is 5.52. The van der Waals surface area contributed by atoms with E-state index in [1.54, 1.807) is 24.3 Å². The SMILES string of the molecule is N#Cc1ccc(CS(=O)c2ccc(Br)cc2N)cc1. The van der Waals surface area contributed by atoms with Gasteiger partial charge in [-0.1, -0.05) is 28.1 Å². The van der Waals surface area contributed by atoms with E-state index in [1.165, 1.54) is 0 Å². The zero-order chi connectivity index (χ0) is 13.8. The average Bonchev–Trinajstić information content (AvgIpc) is 2.39. The van der Waals surface area contributed by atoms with E-state index >= 15 is 0 Å². The molecule has 1 unspecified atom stereocenters. The largest absolute Gasteiger partial charge is 0.398 e. The van der Waals surface area contributed by atoms with Crippen molar-refractivity contribution < 1.29 is 4.21 Å². The van der Waals surface area contributed by atoms with Crippen molar-refractivity contribution in [3.63, 3.8) is 0 Å². The minimum atomic E-state index is -1.19. The summed E-state index contributed by atoms with van der Waals surface area (Å²) < 4.78 is 13.1. The number of nitriles is 1. The number of benzene rings is 2. The minimum absolute atomic E-state index is 0.386. The Balaban J connectivity index is 2.18. The highest BCUT2D eigenvalue weighted by Crippen LogP contribution is 2.23. The van der Waals surface area contributed by atoms with E-state index in [4.69, 9.17) is 11.0 Å². The van der Waals surface area contributed by atoms with Gasteiger partial charge in [-0.25, -0.2) is 0 Å². The molecule has 96 valence electrons. The lowest BCUT2D eigenvalue weighted by molar-refractivity contribution is 0.683. The molecule has 0 spiro atoms. The van der Waals surface area contributed by atoms with Gasteiger partial charge in [-0.05, 0) is 35.9 Å². The molecule has 0 fully saturated rings. The van der Waals surface area contributed by atoms with Gasteiger partial charge in [-0.3, -0.25) is 4.21 Å². The van der Waals surface area contributed by atoms with Crippen molar-refractivity contribution in [1.82, 2.24) is 0 Å². The third-order valence-electron chi connectivity index (χ3n) is 2.60. The standard InChI is InChI=1S/C14H11BrN2OS/c15-12-5-6-14(13(17)7-12)19(18)9-11-3-1-10(8-16)2-4-11/h1-7H,9,17H2. The molecule has 2 rings (SSSR count). The number of anilines is 1. The van der Waals surface area contributed by atoms with Crippen LogP contribution >= 0.6 is 15.9 Å². The molecule has 0 saturated heterocycles. The van der Waals surface area contributed by atoms with Crippen LogP contribution in [0.1, 0.15) is 11.1 Å². The second-order valence-electron chi connectivity index (χ2n) is 3.98. The molecule has 2 N–H and O–H groups in total. The number of nitrogens with zero attached hydrogens (tertiary/aromatic N) is 1. The average molecular weight is 335 g/mol. The molecule has 0 heterocycles. The molecular formula is C14H11BrN2OS. The van der Waals surface area contributed by atoms with Crippen LogP contribution in [0.15, 0.2) is 51.8 Å². The summed E-state index contributed by atoms with van der Waals surface area (Å²) in [7, 11) is -1.19. The Bertz CT molecular complexity index is 662. The summed E-state index contributed by atoms with van der Waals surface area (Å²) in [5.74, 6) is 0.386. The zero-order valence-corrected chi connectivity index (χ0v) is 12.4. The number of nitrogen functional groups attached to an aromatic ring is 1. The lowest BCUT2D eigenvalue weighted by Gasteiger charge is -2.06. The van der Waals surface area contributed by atoms with Crippen LogP contribution in [0.25, 0.3) is 0 Å². The van der Waals surface area contributed by atoms with E-state index in [0.717, 1.165) is 10.0 Å². The number of rotatable bonds is 3. The van der Waals surface area contributed by atoms with Crippen molar-refractivity contribution in [2.75, 3.05) is 5.73 Å². The first-order valence-corrected chi connectivity index (χ1v) is 7.64. The monoisotopic (exact) mass is 334 g/mol. The Morgan fingerprint density at radius 3 is 2.47 bits per heavy atom. The summed E-state index contributed by atoms with van der Waals surface area (Å²) in [6, 6.07) is 14.4. The van der Waals surface area contributed by atoms with Crippen LogP contribution in [-0.2, 0) is 16.6 Å². The summed E-state index contributed by atoms with van der Waals surface area (Å²) in [4.78, 5) is 0.632. The fourth-order valence-electron chi connectivity index (χ4n) is 1.63. The van der Waals surface area contributed by atoms with Gasteiger partial charge in [0.15, 0.2) is 0 Å². The molecule has 0 aromatic heterocycles. The maximum absolute atomic E-state index is 12.3. The van der Waals surface area contributed by atoms with Gasteiger partial charge in [0.2, 0.25) is 0 Å². The first-order chi connectivity index (χ1) is 9.10. The van der Waals surface area contributed by atoms with Crippen LogP contribution in [0.2, 0.25) is 0 Å². The van der Waals surface area contributed by atoms with Gasteiger partial charge in [0.25, 0.3) is 0 Å². The molecule has 2 aromatic carbocycles. The molecule has 19 heavy (non-hydrogen) atoms. The fourth-order valence-corrected chi connectivity index (χ4v) is 3.20. The third-order valence-corrected chi connectivity index (χ3v) is 4.55. The maximum Gasteiger partial charge on any atom is 0.0991 e. The molecule has 0 bridgehead atoms. The predicted octanol–water partition coefficient (Wildman–Crippen LogP) is 3.21. The van der Waals surface area contributed by atoms with Crippen molar-refractivity contribution in [3.05, 3.63) is 58.1 Å². The van der Waals surface area contributed by atoms with E-state index in [2.05, 4.69) is 22.0 Å². The van der Waals surface area contributed by atoms with Gasteiger partial charge < -0.3 is 5.73 Å². The number of halogens is 1. The summed E-state index contributed by atoms with van der Waals surface area (Å²) in [6.45, 7) is 0. The number of nitrogens with two attached hydrogens (primary N) is 1. The van der Waals surface area contributed by atoms with Crippen molar-refractivity contribution in [2.45, 2.75) is 10.6 Å². The molecule has 0 aliphatic heterocycles. The van der Waals surface area contributed by atoms with Crippen molar-refractivity contribution in [3.8, 4) is 6.07 Å². The summed E-state index contributed by atoms with van der Waals surface area (Å²) >= 11 is 3.32. The lowest BCUT2D eigenvalue weighted by atomic mass is 10.2. The van der Waals surface area contributed by atoms with E-state index in [9.17, 15) is 4.21 Å². The number of hydrogen-bond donors (Lipinski definition) is 1. The van der Waals surface area contributed by atoms with E-state index < -0.39 is 10.8 Å². The van der Waals surface area contributed by atoms with Crippen molar-refractivity contribution in [2.24, 2.45) is 0 Å². The Morgan fingerprint density at radius 2 is 1.89 bits per heavy atom. The lowest BCUT2D eigenvalue weighted by Crippen LogP contribution is -2.01. The Morgan fingerprint density at radius 1 is 1.21 bits per heavy atom. The van der Waals surface area contributed by atoms with Gasteiger partial charge in [0.05, 0.1) is 33.1 Å². The Kier molecular flexibility index (Phi) is 4.35. The molecule has 3 nitrogen and oxygen atoms in total. The fraction of sp³-hybridized carbons (Fsp3) is 0.0714. The van der Waals surface area contributed by atoms with Crippen LogP contribution < -0.4 is 5.73 Å². The van der Waals surface area contributed by atoms with Gasteiger partial charge in [0.1, 0.15) is 0 Å². The Labute approximate surface area is 122 Å². The molecule has 0 saturated carbocycles. The molecule has 5 heteroatoms. The quantitative estimate of drug-likeness (QED) is 0.876. The third kappa shape index (κ3) is 3.43.